The number of carbonyl (C=O) groups excluding carboxylic acids is 1. The quantitative estimate of drug-likeness (QED) is 0.468. The Morgan fingerprint density at radius 3 is 2.75 bits per heavy atom. The number of nitrogens with zero attached hydrogens (tertiary/aromatic N) is 3. The van der Waals surface area contributed by atoms with Gasteiger partial charge in [-0.2, -0.15) is 0 Å². The Balaban J connectivity index is 2.00. The van der Waals surface area contributed by atoms with Crippen LogP contribution in [0.1, 0.15) is 17.3 Å². The molecule has 0 atom stereocenters. The van der Waals surface area contributed by atoms with Gasteiger partial charge >= 0.3 is 0 Å². The summed E-state index contributed by atoms with van der Waals surface area (Å²) in [6.45, 7) is 2.26. The minimum atomic E-state index is -0.519. The van der Waals surface area contributed by atoms with Crippen molar-refractivity contribution in [2.75, 3.05) is 11.4 Å². The first kappa shape index (κ1) is 16.5. The van der Waals surface area contributed by atoms with Gasteiger partial charge in [-0.25, -0.2) is 4.98 Å². The molecule has 0 spiro atoms. The summed E-state index contributed by atoms with van der Waals surface area (Å²) in [7, 11) is 0. The summed E-state index contributed by atoms with van der Waals surface area (Å²) >= 11 is 4.54. The average molecular weight is 406 g/mol. The SMILES string of the molecule is CCN(C(=O)c1ccc(Br)c([N+](=O)[O-])c1)c1nc2ccccc2s1. The van der Waals surface area contributed by atoms with Gasteiger partial charge in [-0.3, -0.25) is 19.8 Å². The highest BCUT2D eigenvalue weighted by molar-refractivity contribution is 9.10. The summed E-state index contributed by atoms with van der Waals surface area (Å²) in [5.74, 6) is -0.313. The Hall–Kier alpha value is -2.32. The van der Waals surface area contributed by atoms with Crippen molar-refractivity contribution in [1.82, 2.24) is 4.98 Å². The Kier molecular flexibility index (Phi) is 4.59. The number of amides is 1. The van der Waals surface area contributed by atoms with E-state index >= 15 is 0 Å². The van der Waals surface area contributed by atoms with E-state index in [0.29, 0.717) is 16.1 Å². The molecule has 0 bridgehead atoms. The predicted octanol–water partition coefficient (Wildman–Crippen LogP) is 4.63. The van der Waals surface area contributed by atoms with Gasteiger partial charge in [-0.05, 0) is 47.1 Å². The molecule has 0 radical (unpaired) electrons. The highest BCUT2D eigenvalue weighted by Crippen LogP contribution is 2.31. The van der Waals surface area contributed by atoms with Gasteiger partial charge in [0.25, 0.3) is 11.6 Å². The van der Waals surface area contributed by atoms with Crippen molar-refractivity contribution in [2.45, 2.75) is 6.92 Å². The molecule has 3 rings (SSSR count). The van der Waals surface area contributed by atoms with Gasteiger partial charge in [0, 0.05) is 18.2 Å². The van der Waals surface area contributed by atoms with Gasteiger partial charge in [0.05, 0.1) is 19.6 Å². The maximum Gasteiger partial charge on any atom is 0.284 e. The molecule has 0 saturated carbocycles. The fraction of sp³-hybridized carbons (Fsp3) is 0.125. The molecule has 0 aliphatic rings. The molecule has 0 aliphatic heterocycles. The molecule has 122 valence electrons. The van der Waals surface area contributed by atoms with Crippen molar-refractivity contribution in [1.29, 1.82) is 0 Å². The first-order valence-electron chi connectivity index (χ1n) is 7.12. The van der Waals surface area contributed by atoms with E-state index in [4.69, 9.17) is 0 Å². The van der Waals surface area contributed by atoms with Crippen LogP contribution in [0.2, 0.25) is 0 Å². The summed E-state index contributed by atoms with van der Waals surface area (Å²) in [4.78, 5) is 29.4. The summed E-state index contributed by atoms with van der Waals surface area (Å²) < 4.78 is 1.33. The molecule has 1 heterocycles. The molecule has 3 aromatic rings. The predicted molar refractivity (Wildman–Crippen MR) is 97.8 cm³/mol. The zero-order valence-electron chi connectivity index (χ0n) is 12.6. The Bertz CT molecular complexity index is 908. The number of nitro groups is 1. The van der Waals surface area contributed by atoms with Gasteiger partial charge < -0.3 is 0 Å². The van der Waals surface area contributed by atoms with E-state index in [2.05, 4.69) is 20.9 Å². The second-order valence-electron chi connectivity index (χ2n) is 4.94. The third-order valence-corrected chi connectivity index (χ3v) is 5.19. The van der Waals surface area contributed by atoms with Crippen LogP contribution in [0.15, 0.2) is 46.9 Å². The third-order valence-electron chi connectivity index (χ3n) is 3.46. The average Bonchev–Trinajstić information content (AvgIpc) is 2.99. The van der Waals surface area contributed by atoms with Crippen molar-refractivity contribution >= 4 is 54.2 Å². The second kappa shape index (κ2) is 6.66. The van der Waals surface area contributed by atoms with Crippen LogP contribution in [0.4, 0.5) is 10.8 Å². The molecule has 24 heavy (non-hydrogen) atoms. The van der Waals surface area contributed by atoms with Crippen molar-refractivity contribution in [3.63, 3.8) is 0 Å². The maximum atomic E-state index is 12.8. The first-order chi connectivity index (χ1) is 11.5. The molecule has 0 N–H and O–H groups in total. The van der Waals surface area contributed by atoms with E-state index in [0.717, 1.165) is 10.2 Å². The third kappa shape index (κ3) is 3.02. The minimum Gasteiger partial charge on any atom is -0.284 e. The van der Waals surface area contributed by atoms with Crippen molar-refractivity contribution < 1.29 is 9.72 Å². The molecule has 0 saturated heterocycles. The van der Waals surface area contributed by atoms with Crippen LogP contribution in [-0.4, -0.2) is 22.4 Å². The zero-order valence-corrected chi connectivity index (χ0v) is 15.0. The van der Waals surface area contributed by atoms with Crippen molar-refractivity contribution in [3.05, 3.63) is 62.6 Å². The molecule has 1 amide bonds. The van der Waals surface area contributed by atoms with Crippen LogP contribution in [-0.2, 0) is 0 Å². The number of rotatable bonds is 4. The fourth-order valence-electron chi connectivity index (χ4n) is 2.28. The molecule has 1 aromatic heterocycles. The number of nitro benzene ring substituents is 1. The summed E-state index contributed by atoms with van der Waals surface area (Å²) in [6.07, 6.45) is 0. The Labute approximate surface area is 150 Å². The van der Waals surface area contributed by atoms with Gasteiger partial charge in [0.1, 0.15) is 0 Å². The van der Waals surface area contributed by atoms with Crippen LogP contribution >= 0.6 is 27.3 Å². The molecule has 6 nitrogen and oxygen atoms in total. The molecular formula is C16H12BrN3O3S. The van der Waals surface area contributed by atoms with Crippen LogP contribution < -0.4 is 4.90 Å². The van der Waals surface area contributed by atoms with E-state index in [-0.39, 0.29) is 17.2 Å². The van der Waals surface area contributed by atoms with Crippen LogP contribution in [0.3, 0.4) is 0 Å². The molecule has 0 fully saturated rings. The van der Waals surface area contributed by atoms with Crippen molar-refractivity contribution in [3.8, 4) is 0 Å². The highest BCUT2D eigenvalue weighted by atomic mass is 79.9. The van der Waals surface area contributed by atoms with Crippen LogP contribution in [0, 0.1) is 10.1 Å². The number of aromatic nitrogens is 1. The van der Waals surface area contributed by atoms with Crippen molar-refractivity contribution in [2.24, 2.45) is 0 Å². The molecule has 8 heteroatoms. The van der Waals surface area contributed by atoms with Gasteiger partial charge in [-0.15, -0.1) is 0 Å². The Morgan fingerprint density at radius 1 is 1.33 bits per heavy atom. The first-order valence-corrected chi connectivity index (χ1v) is 8.73. The number of halogens is 1. The standard InChI is InChI=1S/C16H12BrN3O3S/c1-2-19(16-18-12-5-3-4-6-14(12)24-16)15(21)10-7-8-11(17)13(9-10)20(22)23/h3-9H,2H2,1H3. The van der Waals surface area contributed by atoms with Crippen LogP contribution in [0.25, 0.3) is 10.2 Å². The van der Waals surface area contributed by atoms with E-state index in [1.165, 1.54) is 28.4 Å². The maximum absolute atomic E-state index is 12.8. The van der Waals surface area contributed by atoms with Crippen LogP contribution in [0.5, 0.6) is 0 Å². The monoisotopic (exact) mass is 405 g/mol. The number of fused-ring (bicyclic) bond motifs is 1. The topological polar surface area (TPSA) is 76.3 Å². The van der Waals surface area contributed by atoms with Gasteiger partial charge in [0.15, 0.2) is 5.13 Å². The number of thiazole rings is 1. The van der Waals surface area contributed by atoms with E-state index in [1.807, 2.05) is 31.2 Å². The number of hydrogen-bond acceptors (Lipinski definition) is 5. The Morgan fingerprint density at radius 2 is 2.08 bits per heavy atom. The molecule has 2 aromatic carbocycles. The molecule has 0 aliphatic carbocycles. The lowest BCUT2D eigenvalue weighted by Gasteiger charge is -2.17. The normalized spacial score (nSPS) is 10.8. The fourth-order valence-corrected chi connectivity index (χ4v) is 3.70. The lowest BCUT2D eigenvalue weighted by molar-refractivity contribution is -0.385. The number of hydrogen-bond donors (Lipinski definition) is 0. The van der Waals surface area contributed by atoms with E-state index in [1.54, 1.807) is 6.07 Å². The highest BCUT2D eigenvalue weighted by Gasteiger charge is 2.22. The summed E-state index contributed by atoms with van der Waals surface area (Å²) in [5, 5.41) is 11.6. The summed E-state index contributed by atoms with van der Waals surface area (Å²) in [5.41, 5.74) is 0.942. The zero-order chi connectivity index (χ0) is 17.3. The molecule has 0 unspecified atom stereocenters. The number of benzene rings is 2. The lowest BCUT2D eigenvalue weighted by Crippen LogP contribution is -2.30. The molecular weight excluding hydrogens is 394 g/mol. The smallest absolute Gasteiger partial charge is 0.284 e. The van der Waals surface area contributed by atoms with E-state index in [9.17, 15) is 14.9 Å². The summed E-state index contributed by atoms with van der Waals surface area (Å²) in [6, 6.07) is 12.0. The number of para-hydroxylation sites is 1. The number of anilines is 1. The lowest BCUT2D eigenvalue weighted by atomic mass is 10.2. The largest absolute Gasteiger partial charge is 0.284 e. The van der Waals surface area contributed by atoms with Gasteiger partial charge in [-0.1, -0.05) is 23.5 Å². The number of carbonyl (C=O) groups is 1. The van der Waals surface area contributed by atoms with Gasteiger partial charge in [0.2, 0.25) is 0 Å². The minimum absolute atomic E-state index is 0.138. The second-order valence-corrected chi connectivity index (χ2v) is 6.80. The van der Waals surface area contributed by atoms with E-state index < -0.39 is 4.92 Å².